The molecule has 1 unspecified atom stereocenters. The number of hydrogen-bond acceptors (Lipinski definition) is 5. The Morgan fingerprint density at radius 2 is 1.88 bits per heavy atom. The van der Waals surface area contributed by atoms with Crippen LogP contribution in [0.1, 0.15) is 12.5 Å². The lowest BCUT2D eigenvalue weighted by atomic mass is 9.92. The number of methoxy groups -OCH3 is 2. The zero-order valence-corrected chi connectivity index (χ0v) is 18.2. The second-order valence-electron chi connectivity index (χ2n) is 6.28. The first kappa shape index (κ1) is 26.8. The van der Waals surface area contributed by atoms with Crippen molar-refractivity contribution in [2.45, 2.75) is 26.1 Å². The molecule has 1 aromatic carbocycles. The molecule has 0 aliphatic heterocycles. The first-order chi connectivity index (χ1) is 15.2. The molecule has 0 saturated heterocycles. The zero-order valence-electron chi connectivity index (χ0n) is 18.2. The Morgan fingerprint density at radius 3 is 2.34 bits per heavy atom. The number of aliphatic imine (C=N–C) groups is 1. The monoisotopic (exact) mass is 455 g/mol. The fraction of sp³-hybridized carbons (Fsp3) is 0.304. The van der Waals surface area contributed by atoms with Gasteiger partial charge in [0.1, 0.15) is 5.82 Å². The number of halogens is 4. The Morgan fingerprint density at radius 1 is 1.22 bits per heavy atom. The van der Waals surface area contributed by atoms with Crippen molar-refractivity contribution >= 4 is 11.9 Å². The third kappa shape index (κ3) is 7.49. The van der Waals surface area contributed by atoms with E-state index in [1.165, 1.54) is 44.3 Å². The van der Waals surface area contributed by atoms with Crippen molar-refractivity contribution in [2.75, 3.05) is 21.3 Å². The minimum absolute atomic E-state index is 0.0809. The number of alkyl halides is 2. The Kier molecular flexibility index (Phi) is 11.1. The van der Waals surface area contributed by atoms with E-state index in [2.05, 4.69) is 16.3 Å². The summed E-state index contributed by atoms with van der Waals surface area (Å²) < 4.78 is 70.9. The van der Waals surface area contributed by atoms with Gasteiger partial charge in [-0.05, 0) is 35.8 Å². The number of esters is 1. The molecule has 0 N–H and O–H groups in total. The van der Waals surface area contributed by atoms with Gasteiger partial charge in [0.15, 0.2) is 0 Å². The van der Waals surface area contributed by atoms with Crippen LogP contribution in [0.15, 0.2) is 76.6 Å². The van der Waals surface area contributed by atoms with Crippen molar-refractivity contribution in [3.8, 4) is 0 Å². The third-order valence-corrected chi connectivity index (χ3v) is 4.19. The summed E-state index contributed by atoms with van der Waals surface area (Å²) in [5.74, 6) is -2.82. The maximum atomic E-state index is 14.3. The van der Waals surface area contributed by atoms with Gasteiger partial charge in [-0.1, -0.05) is 36.9 Å². The fourth-order valence-electron chi connectivity index (χ4n) is 2.66. The lowest BCUT2D eigenvalue weighted by Crippen LogP contribution is -2.32. The molecule has 5 nitrogen and oxygen atoms in total. The quantitative estimate of drug-likeness (QED) is 0.123. The Hall–Kier alpha value is -3.20. The molecule has 0 radical (unpaired) electrons. The molecule has 0 saturated carbocycles. The number of benzene rings is 1. The molecule has 0 bridgehead atoms. The van der Waals surface area contributed by atoms with E-state index in [4.69, 9.17) is 9.47 Å². The summed E-state index contributed by atoms with van der Waals surface area (Å²) in [5.41, 5.74) is -0.686. The zero-order chi connectivity index (χ0) is 24.3. The highest BCUT2D eigenvalue weighted by molar-refractivity contribution is 5.97. The first-order valence-electron chi connectivity index (χ1n) is 9.35. The second kappa shape index (κ2) is 13.3. The molecule has 0 aromatic heterocycles. The average molecular weight is 455 g/mol. The van der Waals surface area contributed by atoms with E-state index in [1.54, 1.807) is 6.07 Å². The molecule has 0 heterocycles. The number of allylic oxidation sites excluding steroid dienone is 6. The number of rotatable bonds is 10. The summed E-state index contributed by atoms with van der Waals surface area (Å²) in [6.07, 6.45) is -1.66. The van der Waals surface area contributed by atoms with Crippen LogP contribution in [0.3, 0.4) is 0 Å². The van der Waals surface area contributed by atoms with Crippen molar-refractivity contribution in [3.05, 3.63) is 83.0 Å². The standard InChI is InChI=1S/C23H25F4NO4/c1-6-15(12-11-14(2)24)17(13-16-9-7-8-10-18(16)25)19(20(26)27)21(28-3)32-23(31-5)22(29)30-4/h6-12,20,23H,1,13H2,2-5H3/b14-11+,15-12+,19-17+,28-21?. The van der Waals surface area contributed by atoms with Crippen LogP contribution in [0.25, 0.3) is 0 Å². The van der Waals surface area contributed by atoms with E-state index in [-0.39, 0.29) is 23.1 Å². The van der Waals surface area contributed by atoms with Gasteiger partial charge in [-0.25, -0.2) is 22.4 Å². The Labute approximate surface area is 184 Å². The van der Waals surface area contributed by atoms with Gasteiger partial charge in [0, 0.05) is 20.6 Å². The minimum atomic E-state index is -3.16. The lowest BCUT2D eigenvalue weighted by molar-refractivity contribution is -0.172. The molecule has 0 spiro atoms. The molecule has 0 fully saturated rings. The topological polar surface area (TPSA) is 57.1 Å². The number of nitrogens with zero attached hydrogens (tertiary/aromatic N) is 1. The molecule has 174 valence electrons. The van der Waals surface area contributed by atoms with Gasteiger partial charge < -0.3 is 14.2 Å². The highest BCUT2D eigenvalue weighted by Gasteiger charge is 2.30. The maximum absolute atomic E-state index is 14.3. The Balaban J connectivity index is 3.78. The fourth-order valence-corrected chi connectivity index (χ4v) is 2.66. The summed E-state index contributed by atoms with van der Waals surface area (Å²) in [4.78, 5) is 15.5. The lowest BCUT2D eigenvalue weighted by Gasteiger charge is -2.21. The number of carbonyl (C=O) groups is 1. The van der Waals surface area contributed by atoms with Crippen molar-refractivity contribution < 1.29 is 36.6 Å². The maximum Gasteiger partial charge on any atom is 0.376 e. The summed E-state index contributed by atoms with van der Waals surface area (Å²) in [7, 11) is 3.36. The Bertz CT molecular complexity index is 932. The first-order valence-corrected chi connectivity index (χ1v) is 9.35. The van der Waals surface area contributed by atoms with E-state index in [1.807, 2.05) is 0 Å². The van der Waals surface area contributed by atoms with Crippen LogP contribution in [0.5, 0.6) is 0 Å². The van der Waals surface area contributed by atoms with Crippen LogP contribution in [0, 0.1) is 5.82 Å². The van der Waals surface area contributed by atoms with Crippen LogP contribution < -0.4 is 0 Å². The van der Waals surface area contributed by atoms with Crippen LogP contribution in [0.4, 0.5) is 17.6 Å². The molecule has 1 atom stereocenters. The molecule has 0 aliphatic carbocycles. The number of hydrogen-bond donors (Lipinski definition) is 0. The number of ether oxygens (including phenoxy) is 3. The van der Waals surface area contributed by atoms with Gasteiger partial charge in [0.05, 0.1) is 18.5 Å². The third-order valence-electron chi connectivity index (χ3n) is 4.19. The summed E-state index contributed by atoms with van der Waals surface area (Å²) >= 11 is 0. The smallest absolute Gasteiger partial charge is 0.376 e. The van der Waals surface area contributed by atoms with Gasteiger partial charge in [0.2, 0.25) is 5.90 Å². The van der Waals surface area contributed by atoms with Crippen molar-refractivity contribution in [2.24, 2.45) is 4.99 Å². The minimum Gasteiger partial charge on any atom is -0.464 e. The van der Waals surface area contributed by atoms with E-state index in [0.717, 1.165) is 20.3 Å². The largest absolute Gasteiger partial charge is 0.464 e. The average Bonchev–Trinajstić information content (AvgIpc) is 2.76. The molecule has 0 amide bonds. The van der Waals surface area contributed by atoms with Crippen LogP contribution in [-0.2, 0) is 25.4 Å². The molecule has 9 heteroatoms. The van der Waals surface area contributed by atoms with Crippen LogP contribution >= 0.6 is 0 Å². The molecular formula is C23H25F4NO4. The predicted octanol–water partition coefficient (Wildman–Crippen LogP) is 5.11. The van der Waals surface area contributed by atoms with Crippen molar-refractivity contribution in [1.82, 2.24) is 0 Å². The van der Waals surface area contributed by atoms with Gasteiger partial charge >= 0.3 is 12.3 Å². The summed E-state index contributed by atoms with van der Waals surface area (Å²) in [6, 6.07) is 5.61. The van der Waals surface area contributed by atoms with Crippen molar-refractivity contribution in [3.63, 3.8) is 0 Å². The second-order valence-corrected chi connectivity index (χ2v) is 6.28. The predicted molar refractivity (Wildman–Crippen MR) is 114 cm³/mol. The van der Waals surface area contributed by atoms with E-state index >= 15 is 0 Å². The van der Waals surface area contributed by atoms with Gasteiger partial charge in [-0.15, -0.1) is 0 Å². The molecule has 1 rings (SSSR count). The van der Waals surface area contributed by atoms with Crippen LogP contribution in [-0.4, -0.2) is 45.8 Å². The number of carbonyl (C=O) groups excluding carboxylic acids is 1. The SMILES string of the molecule is C=CC(=C\C=C(/C)F)/C(Cc1ccccc1F)=C(/C(=NC)OC(OC)C(=O)OC)C(F)F. The van der Waals surface area contributed by atoms with E-state index in [9.17, 15) is 22.4 Å². The summed E-state index contributed by atoms with van der Waals surface area (Å²) in [5, 5.41) is 0. The molecule has 32 heavy (non-hydrogen) atoms. The van der Waals surface area contributed by atoms with Gasteiger partial charge in [0.25, 0.3) is 6.43 Å². The van der Waals surface area contributed by atoms with Crippen LogP contribution in [0.2, 0.25) is 0 Å². The molecule has 0 aliphatic rings. The highest BCUT2D eigenvalue weighted by atomic mass is 19.3. The highest BCUT2D eigenvalue weighted by Crippen LogP contribution is 2.28. The van der Waals surface area contributed by atoms with Gasteiger partial charge in [-0.3, -0.25) is 4.99 Å². The normalized spacial score (nSPS) is 14.7. The molecular weight excluding hydrogens is 430 g/mol. The van der Waals surface area contributed by atoms with Crippen molar-refractivity contribution in [1.29, 1.82) is 0 Å². The van der Waals surface area contributed by atoms with E-state index in [0.29, 0.717) is 0 Å². The summed E-state index contributed by atoms with van der Waals surface area (Å²) in [6.45, 7) is 4.77. The van der Waals surface area contributed by atoms with Gasteiger partial charge in [-0.2, -0.15) is 0 Å². The molecule has 1 aromatic rings. The van der Waals surface area contributed by atoms with E-state index < -0.39 is 41.8 Å².